The van der Waals surface area contributed by atoms with Crippen LogP contribution in [0.5, 0.6) is 0 Å². The number of allylic oxidation sites excluding steroid dienone is 4. The second-order valence-electron chi connectivity index (χ2n) is 22.7. The Morgan fingerprint density at radius 2 is 1.17 bits per heavy atom. The van der Waals surface area contributed by atoms with E-state index in [1.54, 1.807) is 37.3 Å². The lowest BCUT2D eigenvalue weighted by atomic mass is 9.77. The lowest BCUT2D eigenvalue weighted by molar-refractivity contribution is -0.462. The van der Waals surface area contributed by atoms with Crippen molar-refractivity contribution in [1.29, 1.82) is 0 Å². The van der Waals surface area contributed by atoms with E-state index in [2.05, 4.69) is 174 Å². The molecule has 0 saturated heterocycles. The molecule has 0 spiro atoms. The molecule has 0 unspecified atom stereocenters. The standard InChI is InChI=1S/C67H76B2N6O6S2/c1-44(2)66(76)70-31-17-33-74(39-47-19-11-15-23-60(47)68(78)79)41-58-52-21-13-14-22-53(52)59(42-75(34-18-32-71-67(77)45(3)4)40-48-20-12-16-24-61(48)69(80)81)57-35-46(25-28-54(57)58)62-36-49(43-82-62)65-55-29-26-50(72(5)6)37-63(55)83(9,10)64-38-51(73(7)8)27-30-56(64)65/h11-16,19-30,35-38,43,78-81H,1,3,17-18,31-34,39-42H2,2,4-10H3,(H-,70,71,76,77)/p+1. The molecular formula is C67H77B2N6O6S2+. The van der Waals surface area contributed by atoms with Gasteiger partial charge in [-0.1, -0.05) is 104 Å². The Labute approximate surface area is 495 Å². The molecule has 428 valence electrons. The highest BCUT2D eigenvalue weighted by atomic mass is 32.3. The molecule has 0 radical (unpaired) electrons. The first-order valence-corrected chi connectivity index (χ1v) is 31.5. The summed E-state index contributed by atoms with van der Waals surface area (Å²) in [6, 6.07) is 39.5. The van der Waals surface area contributed by atoms with Gasteiger partial charge in [-0.3, -0.25) is 19.4 Å². The summed E-state index contributed by atoms with van der Waals surface area (Å²) in [6.45, 7) is 14.9. The third-order valence-electron chi connectivity index (χ3n) is 15.9. The van der Waals surface area contributed by atoms with Crippen molar-refractivity contribution >= 4 is 96.9 Å². The van der Waals surface area contributed by atoms with Crippen molar-refractivity contribution in [3.63, 3.8) is 0 Å². The van der Waals surface area contributed by atoms with Gasteiger partial charge in [0.2, 0.25) is 17.5 Å². The summed E-state index contributed by atoms with van der Waals surface area (Å²) in [5.74, 6) is -0.386. The minimum Gasteiger partial charge on any atom is -0.423 e. The van der Waals surface area contributed by atoms with E-state index in [1.807, 2.05) is 36.4 Å². The second kappa shape index (κ2) is 26.2. The Morgan fingerprint density at radius 1 is 0.639 bits per heavy atom. The van der Waals surface area contributed by atoms with Gasteiger partial charge >= 0.3 is 14.2 Å². The molecule has 7 aromatic rings. The van der Waals surface area contributed by atoms with Crippen molar-refractivity contribution in [2.75, 3.05) is 71.8 Å². The largest absolute Gasteiger partial charge is 0.488 e. The molecule has 6 aromatic carbocycles. The van der Waals surface area contributed by atoms with Crippen LogP contribution in [0, 0.1) is 0 Å². The number of thiophene rings is 1. The van der Waals surface area contributed by atoms with Crippen molar-refractivity contribution < 1.29 is 34.3 Å². The number of carbonyl (C=O) groups excluding carboxylic acids is 2. The van der Waals surface area contributed by atoms with E-state index in [-0.39, 0.29) is 11.8 Å². The molecule has 1 aliphatic carbocycles. The summed E-state index contributed by atoms with van der Waals surface area (Å²) in [5.41, 5.74) is 13.9. The maximum atomic E-state index is 12.7. The van der Waals surface area contributed by atoms with Crippen molar-refractivity contribution in [1.82, 2.24) is 20.4 Å². The number of hydrogen-bond donors (Lipinski definition) is 6. The number of anilines is 1. The fraction of sp³-hybridized carbons (Fsp3) is 0.269. The number of nitrogens with zero attached hydrogens (tertiary/aromatic N) is 4. The predicted molar refractivity (Wildman–Crippen MR) is 349 cm³/mol. The van der Waals surface area contributed by atoms with Crippen molar-refractivity contribution in [3.05, 3.63) is 207 Å². The van der Waals surface area contributed by atoms with Gasteiger partial charge in [0.25, 0.3) is 0 Å². The minimum absolute atomic E-state index is 0.192. The van der Waals surface area contributed by atoms with Crippen LogP contribution >= 0.6 is 21.4 Å². The number of rotatable bonds is 23. The molecule has 0 saturated carbocycles. The first kappa shape index (κ1) is 60.5. The molecule has 0 atom stereocenters. The number of nitrogens with one attached hydrogen (secondary N) is 2. The van der Waals surface area contributed by atoms with Crippen LogP contribution in [-0.4, -0.2) is 133 Å². The first-order valence-electron chi connectivity index (χ1n) is 28.2. The average Bonchev–Trinajstić information content (AvgIpc) is 1.76. The van der Waals surface area contributed by atoms with E-state index in [0.29, 0.717) is 87.3 Å². The van der Waals surface area contributed by atoms with E-state index in [1.165, 1.54) is 37.9 Å². The molecule has 12 nitrogen and oxygen atoms in total. The second-order valence-corrected chi connectivity index (χ2v) is 27.1. The van der Waals surface area contributed by atoms with Crippen molar-refractivity contribution in [2.24, 2.45) is 0 Å². The molecule has 2 amide bonds. The van der Waals surface area contributed by atoms with E-state index in [0.717, 1.165) is 59.8 Å². The number of fused-ring (bicyclic) bond motifs is 4. The summed E-state index contributed by atoms with van der Waals surface area (Å²) in [6.07, 6.45) is 13.0. The van der Waals surface area contributed by atoms with Gasteiger partial charge in [-0.25, -0.2) is 4.58 Å². The molecule has 0 bridgehead atoms. The maximum absolute atomic E-state index is 12.7. The molecule has 1 aliphatic heterocycles. The lowest BCUT2D eigenvalue weighted by Crippen LogP contribution is -2.36. The van der Waals surface area contributed by atoms with Crippen LogP contribution in [0.1, 0.15) is 60.1 Å². The fourth-order valence-corrected chi connectivity index (χ4v) is 14.8. The van der Waals surface area contributed by atoms with Crippen molar-refractivity contribution in [2.45, 2.75) is 57.8 Å². The molecule has 2 heterocycles. The van der Waals surface area contributed by atoms with Gasteiger partial charge in [0.05, 0.1) is 0 Å². The third kappa shape index (κ3) is 13.5. The van der Waals surface area contributed by atoms with Crippen LogP contribution in [0.4, 0.5) is 5.69 Å². The van der Waals surface area contributed by atoms with Gasteiger partial charge in [-0.2, -0.15) is 10.0 Å². The maximum Gasteiger partial charge on any atom is 0.488 e. The number of hydrogen-bond acceptors (Lipinski definition) is 10. The van der Waals surface area contributed by atoms with E-state index in [9.17, 15) is 29.7 Å². The Bertz CT molecular complexity index is 3780. The zero-order chi connectivity index (χ0) is 59.3. The zero-order valence-electron chi connectivity index (χ0n) is 49.1. The van der Waals surface area contributed by atoms with Gasteiger partial charge in [0, 0.05) is 110 Å². The van der Waals surface area contributed by atoms with Gasteiger partial charge < -0.3 is 35.6 Å². The summed E-state index contributed by atoms with van der Waals surface area (Å²) < 4.78 is 2.18. The third-order valence-corrected chi connectivity index (χ3v) is 19.7. The van der Waals surface area contributed by atoms with Crippen LogP contribution < -0.4 is 26.5 Å². The van der Waals surface area contributed by atoms with Crippen molar-refractivity contribution in [3.8, 4) is 10.4 Å². The topological polar surface area (TPSA) is 152 Å². The van der Waals surface area contributed by atoms with Crippen LogP contribution in [0.2, 0.25) is 0 Å². The monoisotopic (exact) mass is 1150 g/mol. The lowest BCUT2D eigenvalue weighted by Gasteiger charge is -2.43. The molecule has 0 fully saturated rings. The minimum atomic E-state index is -1.66. The molecule has 83 heavy (non-hydrogen) atoms. The highest BCUT2D eigenvalue weighted by Gasteiger charge is 2.36. The average molecular weight is 1150 g/mol. The zero-order valence-corrected chi connectivity index (χ0v) is 50.8. The summed E-state index contributed by atoms with van der Waals surface area (Å²) >= 11 is 1.74. The summed E-state index contributed by atoms with van der Waals surface area (Å²) in [5, 5.41) is 54.9. The molecule has 9 rings (SSSR count). The number of carbonyl (C=O) groups is 2. The summed E-state index contributed by atoms with van der Waals surface area (Å²) in [7, 11) is 3.67. The Hall–Kier alpha value is -7.11. The fourth-order valence-electron chi connectivity index (χ4n) is 11.4. The first-order chi connectivity index (χ1) is 39.7. The highest BCUT2D eigenvalue weighted by molar-refractivity contribution is 8.36. The molecular weight excluding hydrogens is 1070 g/mol. The Balaban J connectivity index is 1.21. The molecule has 6 N–H and O–H groups in total. The van der Waals surface area contributed by atoms with Gasteiger partial charge in [-0.05, 0) is 157 Å². The molecule has 16 heteroatoms. The van der Waals surface area contributed by atoms with E-state index in [4.69, 9.17) is 0 Å². The smallest absolute Gasteiger partial charge is 0.423 e. The SMILES string of the molecule is C=C(C)C(=O)NCCCN(Cc1ccccc1B(O)O)Cc1c2ccccc2c(CN(CCCNC(=O)C(=C)C)Cc2ccccc2B(O)O)c2cc(-c3cc(C4=C5C=CC(=[N+](C)C)C=C5S(C)(C)c5cc(N(C)C)ccc54)cs3)ccc12. The normalized spacial score (nSPS) is 13.9. The number of benzene rings is 6. The molecule has 1 aromatic heterocycles. The van der Waals surface area contributed by atoms with Crippen LogP contribution in [0.15, 0.2) is 179 Å². The van der Waals surface area contributed by atoms with Crippen LogP contribution in [0.3, 0.4) is 0 Å². The van der Waals surface area contributed by atoms with Gasteiger partial charge in [-0.15, -0.1) is 11.3 Å². The Kier molecular flexibility index (Phi) is 19.1. The quantitative estimate of drug-likeness (QED) is 0.0122. The van der Waals surface area contributed by atoms with Gasteiger partial charge in [0.15, 0.2) is 0 Å². The van der Waals surface area contributed by atoms with E-state index < -0.39 is 24.3 Å². The van der Waals surface area contributed by atoms with Gasteiger partial charge in [0.1, 0.15) is 14.1 Å². The van der Waals surface area contributed by atoms with Crippen LogP contribution in [0.25, 0.3) is 37.6 Å². The van der Waals surface area contributed by atoms with E-state index >= 15 is 0 Å². The number of amides is 2. The van der Waals surface area contributed by atoms with Crippen LogP contribution in [-0.2, 0) is 35.8 Å². The highest BCUT2D eigenvalue weighted by Crippen LogP contribution is 2.66. The summed E-state index contributed by atoms with van der Waals surface area (Å²) in [4.78, 5) is 36.0. The molecule has 2 aliphatic rings. The predicted octanol–water partition coefficient (Wildman–Crippen LogP) is 8.72. The Morgan fingerprint density at radius 3 is 1.70 bits per heavy atom.